The Kier molecular flexibility index (Phi) is 5.03. The molecule has 0 unspecified atom stereocenters. The maximum atomic E-state index is 12.1. The molecule has 0 saturated heterocycles. The average Bonchev–Trinajstić information content (AvgIpc) is 2.62. The van der Waals surface area contributed by atoms with Crippen molar-refractivity contribution in [3.63, 3.8) is 0 Å². The molecule has 25 heavy (non-hydrogen) atoms. The highest BCUT2D eigenvalue weighted by atomic mass is 16.6. The van der Waals surface area contributed by atoms with E-state index in [0.717, 1.165) is 23.6 Å². The minimum absolute atomic E-state index is 0.390. The third-order valence-corrected chi connectivity index (χ3v) is 3.98. The maximum absolute atomic E-state index is 12.1. The largest absolute Gasteiger partial charge is 0.479 e. The van der Waals surface area contributed by atoms with Crippen molar-refractivity contribution in [1.82, 2.24) is 0 Å². The predicted octanol–water partition coefficient (Wildman–Crippen LogP) is 4.06. The Hall–Kier alpha value is -2.82. The van der Waals surface area contributed by atoms with Crippen LogP contribution in [0, 0.1) is 0 Å². The fourth-order valence-electron chi connectivity index (χ4n) is 2.62. The minimum Gasteiger partial charge on any atom is -0.479 e. The standard InChI is InChI=1S/C20H20O5/c1-3-4-11-23-19(21)13(2)24-14-9-10-16-15-7-5-6-8-17(15)20(22)25-18(16)12-14/h5-10,12-13H,3-4,11H2,1-2H3/t13-/m0/s1. The second-order valence-corrected chi connectivity index (χ2v) is 5.87. The number of carbonyl (C=O) groups excluding carboxylic acids is 1. The zero-order chi connectivity index (χ0) is 17.8. The van der Waals surface area contributed by atoms with Crippen LogP contribution in [0.4, 0.5) is 0 Å². The van der Waals surface area contributed by atoms with Crippen molar-refractivity contribution in [1.29, 1.82) is 0 Å². The first-order chi connectivity index (χ1) is 12.1. The number of hydrogen-bond donors (Lipinski definition) is 0. The first-order valence-electron chi connectivity index (χ1n) is 8.39. The molecule has 0 spiro atoms. The fourth-order valence-corrected chi connectivity index (χ4v) is 2.62. The molecule has 1 aromatic heterocycles. The van der Waals surface area contributed by atoms with Crippen LogP contribution in [0.25, 0.3) is 21.7 Å². The zero-order valence-corrected chi connectivity index (χ0v) is 14.3. The van der Waals surface area contributed by atoms with Crippen LogP contribution in [0.1, 0.15) is 26.7 Å². The molecule has 0 amide bonds. The lowest BCUT2D eigenvalue weighted by atomic mass is 10.1. The summed E-state index contributed by atoms with van der Waals surface area (Å²) in [4.78, 5) is 24.0. The number of fused-ring (bicyclic) bond motifs is 3. The van der Waals surface area contributed by atoms with E-state index in [-0.39, 0.29) is 0 Å². The Labute approximate surface area is 145 Å². The molecule has 0 aliphatic rings. The zero-order valence-electron chi connectivity index (χ0n) is 14.3. The molecule has 3 rings (SSSR count). The molecule has 0 N–H and O–H groups in total. The van der Waals surface area contributed by atoms with E-state index < -0.39 is 17.7 Å². The van der Waals surface area contributed by atoms with Gasteiger partial charge in [0.25, 0.3) is 0 Å². The van der Waals surface area contributed by atoms with Crippen molar-refractivity contribution in [3.05, 3.63) is 52.9 Å². The second-order valence-electron chi connectivity index (χ2n) is 5.87. The van der Waals surface area contributed by atoms with Gasteiger partial charge in [0, 0.05) is 11.5 Å². The average molecular weight is 340 g/mol. The molecule has 1 heterocycles. The van der Waals surface area contributed by atoms with Crippen LogP contribution < -0.4 is 10.4 Å². The van der Waals surface area contributed by atoms with Gasteiger partial charge in [0.1, 0.15) is 11.3 Å². The lowest BCUT2D eigenvalue weighted by molar-refractivity contribution is -0.151. The summed E-state index contributed by atoms with van der Waals surface area (Å²) in [6, 6.07) is 12.5. The molecule has 0 fully saturated rings. The van der Waals surface area contributed by atoms with Crippen molar-refractivity contribution in [2.75, 3.05) is 6.61 Å². The van der Waals surface area contributed by atoms with Gasteiger partial charge in [-0.25, -0.2) is 9.59 Å². The molecule has 0 saturated carbocycles. The summed E-state index contributed by atoms with van der Waals surface area (Å²) in [6.45, 7) is 4.05. The van der Waals surface area contributed by atoms with Crippen LogP contribution in [-0.2, 0) is 9.53 Å². The van der Waals surface area contributed by atoms with E-state index >= 15 is 0 Å². The van der Waals surface area contributed by atoms with Crippen molar-refractivity contribution in [2.24, 2.45) is 0 Å². The number of rotatable bonds is 6. The summed E-state index contributed by atoms with van der Waals surface area (Å²) in [5, 5.41) is 2.18. The lowest BCUT2D eigenvalue weighted by Gasteiger charge is -2.14. The fraction of sp³-hybridized carbons (Fsp3) is 0.300. The SMILES string of the molecule is CCCCOC(=O)[C@H](C)Oc1ccc2c(c1)oc(=O)c1ccccc12. The third-order valence-electron chi connectivity index (χ3n) is 3.98. The highest BCUT2D eigenvalue weighted by molar-refractivity contribution is 6.04. The molecular formula is C20H20O5. The number of esters is 1. The summed E-state index contributed by atoms with van der Waals surface area (Å²) in [5.41, 5.74) is 0.0278. The van der Waals surface area contributed by atoms with Crippen LogP contribution >= 0.6 is 0 Å². The van der Waals surface area contributed by atoms with Crippen LogP contribution in [0.15, 0.2) is 51.7 Å². The highest BCUT2D eigenvalue weighted by Crippen LogP contribution is 2.26. The monoisotopic (exact) mass is 340 g/mol. The molecule has 1 atom stereocenters. The predicted molar refractivity (Wildman–Crippen MR) is 95.9 cm³/mol. The Morgan fingerprint density at radius 1 is 1.12 bits per heavy atom. The number of unbranched alkanes of at least 4 members (excludes halogenated alkanes) is 1. The Morgan fingerprint density at radius 2 is 1.88 bits per heavy atom. The maximum Gasteiger partial charge on any atom is 0.347 e. The summed E-state index contributed by atoms with van der Waals surface area (Å²) >= 11 is 0. The molecular weight excluding hydrogens is 320 g/mol. The number of carbonyl (C=O) groups is 1. The molecule has 5 nitrogen and oxygen atoms in total. The van der Waals surface area contributed by atoms with Crippen LogP contribution in [0.5, 0.6) is 5.75 Å². The van der Waals surface area contributed by atoms with Crippen LogP contribution in [0.3, 0.4) is 0 Å². The Bertz CT molecular complexity index is 957. The van der Waals surface area contributed by atoms with Gasteiger partial charge < -0.3 is 13.9 Å². The van der Waals surface area contributed by atoms with Crippen LogP contribution in [-0.4, -0.2) is 18.7 Å². The van der Waals surface area contributed by atoms with E-state index in [2.05, 4.69) is 0 Å². The van der Waals surface area contributed by atoms with Gasteiger partial charge in [-0.15, -0.1) is 0 Å². The minimum atomic E-state index is -0.735. The van der Waals surface area contributed by atoms with E-state index in [4.69, 9.17) is 13.9 Å². The highest BCUT2D eigenvalue weighted by Gasteiger charge is 2.17. The van der Waals surface area contributed by atoms with Gasteiger partial charge in [-0.1, -0.05) is 31.5 Å². The summed E-state index contributed by atoms with van der Waals surface area (Å²) in [5.74, 6) is 0.0411. The van der Waals surface area contributed by atoms with Gasteiger partial charge in [0.2, 0.25) is 0 Å². The first-order valence-corrected chi connectivity index (χ1v) is 8.39. The molecule has 130 valence electrons. The topological polar surface area (TPSA) is 65.7 Å². The van der Waals surface area contributed by atoms with Crippen molar-refractivity contribution >= 4 is 27.7 Å². The third kappa shape index (κ3) is 3.65. The molecule has 2 aromatic carbocycles. The summed E-state index contributed by atoms with van der Waals surface area (Å²) < 4.78 is 16.2. The van der Waals surface area contributed by atoms with Gasteiger partial charge in [-0.05, 0) is 36.9 Å². The normalized spacial score (nSPS) is 12.2. The van der Waals surface area contributed by atoms with Crippen molar-refractivity contribution in [2.45, 2.75) is 32.8 Å². The van der Waals surface area contributed by atoms with Gasteiger partial charge in [-0.2, -0.15) is 0 Å². The molecule has 0 aliphatic heterocycles. The quantitative estimate of drug-likeness (QED) is 0.293. The van der Waals surface area contributed by atoms with E-state index in [0.29, 0.717) is 23.3 Å². The summed E-state index contributed by atoms with van der Waals surface area (Å²) in [7, 11) is 0. The van der Waals surface area contributed by atoms with Crippen LogP contribution in [0.2, 0.25) is 0 Å². The van der Waals surface area contributed by atoms with Crippen molar-refractivity contribution in [3.8, 4) is 5.75 Å². The van der Waals surface area contributed by atoms with Gasteiger partial charge in [0.05, 0.1) is 12.0 Å². The molecule has 3 aromatic rings. The number of ether oxygens (including phenoxy) is 2. The number of benzene rings is 2. The lowest BCUT2D eigenvalue weighted by Crippen LogP contribution is -2.26. The smallest absolute Gasteiger partial charge is 0.347 e. The molecule has 5 heteroatoms. The van der Waals surface area contributed by atoms with E-state index in [1.165, 1.54) is 0 Å². The first kappa shape index (κ1) is 17.0. The molecule has 0 aliphatic carbocycles. The molecule has 0 radical (unpaired) electrons. The Balaban J connectivity index is 1.85. The van der Waals surface area contributed by atoms with E-state index in [1.807, 2.05) is 25.1 Å². The second kappa shape index (κ2) is 7.38. The Morgan fingerprint density at radius 3 is 2.64 bits per heavy atom. The van der Waals surface area contributed by atoms with Crippen molar-refractivity contribution < 1.29 is 18.7 Å². The number of hydrogen-bond acceptors (Lipinski definition) is 5. The van der Waals surface area contributed by atoms with Gasteiger partial charge >= 0.3 is 11.6 Å². The van der Waals surface area contributed by atoms with E-state index in [1.54, 1.807) is 31.2 Å². The van der Waals surface area contributed by atoms with Gasteiger partial charge in [-0.3, -0.25) is 0 Å². The van der Waals surface area contributed by atoms with E-state index in [9.17, 15) is 9.59 Å². The summed E-state index contributed by atoms with van der Waals surface area (Å²) in [6.07, 6.45) is 1.05. The molecule has 0 bridgehead atoms. The van der Waals surface area contributed by atoms with Gasteiger partial charge in [0.15, 0.2) is 6.10 Å².